The summed E-state index contributed by atoms with van der Waals surface area (Å²) in [7, 11) is 0. The van der Waals surface area contributed by atoms with Crippen LogP contribution in [0.3, 0.4) is 0 Å². The molecule has 0 radical (unpaired) electrons. The number of carbonyl (C=O) groups excluding carboxylic acids is 2. The predicted octanol–water partition coefficient (Wildman–Crippen LogP) is 0.681. The maximum Gasteiger partial charge on any atom is 0.248 e. The Balaban J connectivity index is 2.39. The van der Waals surface area contributed by atoms with Crippen LogP contribution in [0.25, 0.3) is 0 Å². The van der Waals surface area contributed by atoms with Gasteiger partial charge in [-0.1, -0.05) is 6.92 Å². The van der Waals surface area contributed by atoms with E-state index in [1.54, 1.807) is 18.7 Å². The first kappa shape index (κ1) is 13.3. The molecule has 2 atom stereocenters. The van der Waals surface area contributed by atoms with Crippen LogP contribution in [-0.2, 0) is 14.3 Å². The smallest absolute Gasteiger partial charge is 0.248 e. The Bertz CT molecular complexity index is 374. The van der Waals surface area contributed by atoms with Crippen LogP contribution < -0.4 is 5.32 Å². The standard InChI is InChI=1S/C13H22N2O3/c1-5-13(4)10(16)14-12(2,3)11(17)15(13)9-6-7-18-8-9/h9H,5-8H2,1-4H3,(H,14,16). The summed E-state index contributed by atoms with van der Waals surface area (Å²) in [5.74, 6) is -0.0801. The van der Waals surface area contributed by atoms with E-state index < -0.39 is 11.1 Å². The van der Waals surface area contributed by atoms with Crippen molar-refractivity contribution in [2.24, 2.45) is 0 Å². The van der Waals surface area contributed by atoms with Crippen molar-refractivity contribution in [3.63, 3.8) is 0 Å². The number of hydrogen-bond donors (Lipinski definition) is 1. The molecule has 0 aliphatic carbocycles. The molecule has 0 spiro atoms. The molecule has 0 aromatic carbocycles. The van der Waals surface area contributed by atoms with Gasteiger partial charge in [-0.2, -0.15) is 0 Å². The minimum atomic E-state index is -0.825. The summed E-state index contributed by atoms with van der Waals surface area (Å²) in [6.45, 7) is 8.49. The maximum absolute atomic E-state index is 12.6. The summed E-state index contributed by atoms with van der Waals surface area (Å²) in [5, 5.41) is 2.83. The van der Waals surface area contributed by atoms with Crippen molar-refractivity contribution in [2.45, 2.75) is 57.7 Å². The van der Waals surface area contributed by atoms with Crippen molar-refractivity contribution < 1.29 is 14.3 Å². The number of hydrogen-bond acceptors (Lipinski definition) is 3. The fourth-order valence-electron chi connectivity index (χ4n) is 2.73. The Morgan fingerprint density at radius 3 is 2.56 bits per heavy atom. The largest absolute Gasteiger partial charge is 0.379 e. The van der Waals surface area contributed by atoms with E-state index in [1.165, 1.54) is 0 Å². The van der Waals surface area contributed by atoms with E-state index in [-0.39, 0.29) is 17.9 Å². The first-order chi connectivity index (χ1) is 8.33. The van der Waals surface area contributed by atoms with E-state index in [4.69, 9.17) is 4.74 Å². The molecular formula is C13H22N2O3. The number of carbonyl (C=O) groups is 2. The highest BCUT2D eigenvalue weighted by Gasteiger charge is 2.54. The van der Waals surface area contributed by atoms with Gasteiger partial charge in [0.25, 0.3) is 0 Å². The number of ether oxygens (including phenoxy) is 1. The quantitative estimate of drug-likeness (QED) is 0.788. The molecule has 5 nitrogen and oxygen atoms in total. The van der Waals surface area contributed by atoms with Gasteiger partial charge in [-0.25, -0.2) is 0 Å². The second kappa shape index (κ2) is 4.23. The zero-order chi connectivity index (χ0) is 13.6. The van der Waals surface area contributed by atoms with Gasteiger partial charge in [0.1, 0.15) is 11.1 Å². The van der Waals surface area contributed by atoms with E-state index in [0.29, 0.717) is 19.6 Å². The summed E-state index contributed by atoms with van der Waals surface area (Å²) in [5.41, 5.74) is -1.58. The van der Waals surface area contributed by atoms with E-state index in [2.05, 4.69) is 5.32 Å². The lowest BCUT2D eigenvalue weighted by molar-refractivity contribution is -0.164. The molecule has 2 heterocycles. The molecule has 2 amide bonds. The molecule has 0 aromatic rings. The van der Waals surface area contributed by atoms with Crippen molar-refractivity contribution in [3.8, 4) is 0 Å². The second-order valence-corrected chi connectivity index (χ2v) is 5.90. The summed E-state index contributed by atoms with van der Waals surface area (Å²) >= 11 is 0. The molecule has 5 heteroatoms. The van der Waals surface area contributed by atoms with Crippen molar-refractivity contribution in [1.82, 2.24) is 10.2 Å². The Kier molecular flexibility index (Phi) is 3.13. The molecular weight excluding hydrogens is 232 g/mol. The normalized spacial score (nSPS) is 35.8. The lowest BCUT2D eigenvalue weighted by Crippen LogP contribution is -2.75. The van der Waals surface area contributed by atoms with Crippen LogP contribution in [0.2, 0.25) is 0 Å². The van der Waals surface area contributed by atoms with Gasteiger partial charge in [-0.15, -0.1) is 0 Å². The van der Waals surface area contributed by atoms with E-state index in [9.17, 15) is 9.59 Å². The molecule has 2 rings (SSSR count). The molecule has 0 saturated carbocycles. The fourth-order valence-corrected chi connectivity index (χ4v) is 2.73. The molecule has 2 fully saturated rings. The third-order valence-electron chi connectivity index (χ3n) is 4.16. The van der Waals surface area contributed by atoms with E-state index in [1.807, 2.05) is 13.8 Å². The topological polar surface area (TPSA) is 58.6 Å². The van der Waals surface area contributed by atoms with Crippen LogP contribution in [0.4, 0.5) is 0 Å². The highest BCUT2D eigenvalue weighted by Crippen LogP contribution is 2.33. The first-order valence-electron chi connectivity index (χ1n) is 6.57. The van der Waals surface area contributed by atoms with Gasteiger partial charge < -0.3 is 15.0 Å². The summed E-state index contributed by atoms with van der Waals surface area (Å²) in [6, 6.07) is 0.0211. The van der Waals surface area contributed by atoms with E-state index in [0.717, 1.165) is 6.42 Å². The molecule has 102 valence electrons. The number of nitrogens with zero attached hydrogens (tertiary/aromatic N) is 1. The Labute approximate surface area is 108 Å². The van der Waals surface area contributed by atoms with Crippen LogP contribution in [0.1, 0.15) is 40.5 Å². The Morgan fingerprint density at radius 2 is 2.06 bits per heavy atom. The van der Waals surface area contributed by atoms with Crippen LogP contribution in [0.5, 0.6) is 0 Å². The SMILES string of the molecule is CCC1(C)C(=O)NC(C)(C)C(=O)N1C1CCOC1. The summed E-state index contributed by atoms with van der Waals surface area (Å²) in [6.07, 6.45) is 1.42. The highest BCUT2D eigenvalue weighted by atomic mass is 16.5. The van der Waals surface area contributed by atoms with Crippen molar-refractivity contribution in [2.75, 3.05) is 13.2 Å². The predicted molar refractivity (Wildman–Crippen MR) is 67.0 cm³/mol. The number of amides is 2. The van der Waals surface area contributed by atoms with Gasteiger partial charge >= 0.3 is 0 Å². The first-order valence-corrected chi connectivity index (χ1v) is 6.57. The van der Waals surface area contributed by atoms with Gasteiger partial charge in [0.15, 0.2) is 0 Å². The van der Waals surface area contributed by atoms with Crippen molar-refractivity contribution in [3.05, 3.63) is 0 Å². The molecule has 18 heavy (non-hydrogen) atoms. The average Bonchev–Trinajstić information content (AvgIpc) is 2.80. The van der Waals surface area contributed by atoms with Gasteiger partial charge in [0.05, 0.1) is 12.6 Å². The van der Waals surface area contributed by atoms with Crippen molar-refractivity contribution in [1.29, 1.82) is 0 Å². The van der Waals surface area contributed by atoms with Crippen LogP contribution >= 0.6 is 0 Å². The summed E-state index contributed by atoms with van der Waals surface area (Å²) in [4.78, 5) is 26.7. The van der Waals surface area contributed by atoms with E-state index >= 15 is 0 Å². The maximum atomic E-state index is 12.6. The number of piperazine rings is 1. The molecule has 2 aliphatic rings. The van der Waals surface area contributed by atoms with Crippen molar-refractivity contribution >= 4 is 11.8 Å². The fraction of sp³-hybridized carbons (Fsp3) is 0.846. The van der Waals surface area contributed by atoms with Crippen LogP contribution in [0, 0.1) is 0 Å². The lowest BCUT2D eigenvalue weighted by Gasteiger charge is -2.51. The average molecular weight is 254 g/mol. The van der Waals surface area contributed by atoms with Gasteiger partial charge in [-0.05, 0) is 33.6 Å². The van der Waals surface area contributed by atoms with Crippen LogP contribution in [-0.4, -0.2) is 47.0 Å². The molecule has 2 saturated heterocycles. The Morgan fingerprint density at radius 1 is 1.39 bits per heavy atom. The minimum Gasteiger partial charge on any atom is -0.379 e. The van der Waals surface area contributed by atoms with Gasteiger partial charge in [0, 0.05) is 6.61 Å². The van der Waals surface area contributed by atoms with Gasteiger partial charge in [0.2, 0.25) is 11.8 Å². The number of nitrogens with one attached hydrogen (secondary N) is 1. The zero-order valence-electron chi connectivity index (χ0n) is 11.6. The van der Waals surface area contributed by atoms with Gasteiger partial charge in [-0.3, -0.25) is 9.59 Å². The molecule has 2 unspecified atom stereocenters. The molecule has 0 bridgehead atoms. The summed E-state index contributed by atoms with van der Waals surface area (Å²) < 4.78 is 5.37. The monoisotopic (exact) mass is 254 g/mol. The minimum absolute atomic E-state index is 0.0121. The van der Waals surface area contributed by atoms with Crippen LogP contribution in [0.15, 0.2) is 0 Å². The third kappa shape index (κ3) is 1.81. The highest BCUT2D eigenvalue weighted by molar-refractivity contribution is 6.01. The lowest BCUT2D eigenvalue weighted by atomic mass is 9.84. The Hall–Kier alpha value is -1.10. The second-order valence-electron chi connectivity index (χ2n) is 5.90. The third-order valence-corrected chi connectivity index (χ3v) is 4.16. The molecule has 0 aromatic heterocycles. The number of rotatable bonds is 2. The molecule has 1 N–H and O–H groups in total. The zero-order valence-corrected chi connectivity index (χ0v) is 11.6. The molecule has 2 aliphatic heterocycles.